The molecule has 5 aromatic carbocycles. The van der Waals surface area contributed by atoms with E-state index in [0.717, 1.165) is 0 Å². The molecule has 6 heteroatoms. The Hall–Kier alpha value is -4.14. The van der Waals surface area contributed by atoms with E-state index in [1.807, 2.05) is 30.3 Å². The van der Waals surface area contributed by atoms with Crippen LogP contribution in [0.5, 0.6) is 0 Å². The number of hydrogen-bond acceptors (Lipinski definition) is 6. The average molecular weight is 631 g/mol. The van der Waals surface area contributed by atoms with Gasteiger partial charge in [-0.15, -0.1) is 0 Å². The maximum atomic E-state index is 13.5. The number of aliphatic hydroxyl groups excluding tert-OH is 1. The monoisotopic (exact) mass is 630 g/mol. The van der Waals surface area contributed by atoms with Crippen LogP contribution in [-0.2, 0) is 32.1 Å². The fourth-order valence-electron chi connectivity index (χ4n) is 7.77. The molecule has 0 heterocycles. The molecule has 0 bridgehead atoms. The number of hydrogen-bond donors (Lipinski definition) is 6. The first-order chi connectivity index (χ1) is 22.5. The summed E-state index contributed by atoms with van der Waals surface area (Å²) < 4.78 is 0. The van der Waals surface area contributed by atoms with Crippen molar-refractivity contribution in [2.24, 2.45) is 0 Å². The fraction of sp³-hybridized carbons (Fsp3) is 0.268. The van der Waals surface area contributed by atoms with Crippen molar-refractivity contribution in [2.45, 2.75) is 66.2 Å². The van der Waals surface area contributed by atoms with Gasteiger partial charge in [-0.1, -0.05) is 152 Å². The van der Waals surface area contributed by atoms with Gasteiger partial charge in [0.15, 0.2) is 0 Å². The van der Waals surface area contributed by atoms with Crippen molar-refractivity contribution in [3.63, 3.8) is 0 Å². The molecule has 47 heavy (non-hydrogen) atoms. The van der Waals surface area contributed by atoms with Gasteiger partial charge in [-0.25, -0.2) is 0 Å². The molecular weight excluding hydrogens is 588 g/mol. The molecule has 6 rings (SSSR count). The molecule has 1 fully saturated rings. The summed E-state index contributed by atoms with van der Waals surface area (Å²) in [6.45, 7) is 0. The summed E-state index contributed by atoms with van der Waals surface area (Å²) >= 11 is 0. The number of rotatable bonds is 10. The summed E-state index contributed by atoms with van der Waals surface area (Å²) in [4.78, 5) is 0. The smallest absolute Gasteiger partial charge is 0.132 e. The van der Waals surface area contributed by atoms with Gasteiger partial charge in [-0.3, -0.25) is 0 Å². The SMILES string of the molecule is OC1[C@](O)(Cc2ccccc2)[C@](O)(Cc2ccccc2)C(O)(Cc2ccccc2)[C@@](O)(Cc2ccccc2)[C@]1(O)Cc1ccccc1. The van der Waals surface area contributed by atoms with E-state index in [4.69, 9.17) is 0 Å². The Labute approximate surface area is 275 Å². The van der Waals surface area contributed by atoms with Crippen LogP contribution < -0.4 is 0 Å². The quantitative estimate of drug-likeness (QED) is 0.137. The minimum Gasteiger partial charge on any atom is -0.387 e. The summed E-state index contributed by atoms with van der Waals surface area (Å²) in [5.41, 5.74) is -10.2. The van der Waals surface area contributed by atoms with E-state index in [2.05, 4.69) is 0 Å². The molecule has 1 aliphatic rings. The van der Waals surface area contributed by atoms with Crippen LogP contribution in [0, 0.1) is 0 Å². The van der Waals surface area contributed by atoms with E-state index in [9.17, 15) is 30.6 Å². The number of aliphatic hydroxyl groups is 6. The highest BCUT2D eigenvalue weighted by Crippen LogP contribution is 2.59. The fourth-order valence-corrected chi connectivity index (χ4v) is 7.77. The topological polar surface area (TPSA) is 121 Å². The molecule has 0 amide bonds. The van der Waals surface area contributed by atoms with Crippen molar-refractivity contribution in [2.75, 3.05) is 0 Å². The molecule has 0 saturated heterocycles. The lowest BCUT2D eigenvalue weighted by Gasteiger charge is -2.69. The molecule has 1 saturated carbocycles. The van der Waals surface area contributed by atoms with Gasteiger partial charge < -0.3 is 30.6 Å². The highest BCUT2D eigenvalue weighted by molar-refractivity contribution is 5.42. The van der Waals surface area contributed by atoms with E-state index >= 15 is 0 Å². The standard InChI is InChI=1S/C41H42O6/c42-36-37(43,26-31-16-6-1-7-17-31)39(45,28-33-20-10-3-11-21-33)41(47,30-35-24-14-5-15-25-35)40(46,29-34-22-12-4-13-23-34)38(36,44)27-32-18-8-2-9-19-32/h1-25,36,42-47H,26-30H2/t36?,37-,38+,39-,40-,41?/m1/s1. The van der Waals surface area contributed by atoms with E-state index in [1.54, 1.807) is 121 Å². The van der Waals surface area contributed by atoms with Gasteiger partial charge in [-0.2, -0.15) is 0 Å². The Morgan fingerprint density at radius 3 is 0.787 bits per heavy atom. The minimum atomic E-state index is -2.64. The van der Waals surface area contributed by atoms with Crippen LogP contribution >= 0.6 is 0 Å². The van der Waals surface area contributed by atoms with Crippen LogP contribution in [0.15, 0.2) is 152 Å². The predicted molar refractivity (Wildman–Crippen MR) is 181 cm³/mol. The summed E-state index contributed by atoms with van der Waals surface area (Å²) in [5, 5.41) is 78.9. The lowest BCUT2D eigenvalue weighted by molar-refractivity contribution is -0.408. The molecule has 1 aliphatic carbocycles. The third-order valence-electron chi connectivity index (χ3n) is 10.2. The average Bonchev–Trinajstić information content (AvgIpc) is 3.09. The zero-order chi connectivity index (χ0) is 33.2. The summed E-state index contributed by atoms with van der Waals surface area (Å²) in [7, 11) is 0. The van der Waals surface area contributed by atoms with Gasteiger partial charge in [0.2, 0.25) is 0 Å². The van der Waals surface area contributed by atoms with Crippen LogP contribution in [0.4, 0.5) is 0 Å². The van der Waals surface area contributed by atoms with E-state index in [0.29, 0.717) is 27.8 Å². The maximum Gasteiger partial charge on any atom is 0.132 e. The summed E-state index contributed by atoms with van der Waals surface area (Å²) in [6, 6.07) is 44.5. The molecule has 0 radical (unpaired) electrons. The van der Waals surface area contributed by atoms with Gasteiger partial charge in [0, 0.05) is 32.1 Å². The van der Waals surface area contributed by atoms with Gasteiger partial charge in [0.05, 0.1) is 0 Å². The first-order valence-electron chi connectivity index (χ1n) is 16.0. The van der Waals surface area contributed by atoms with Crippen molar-refractivity contribution in [3.05, 3.63) is 179 Å². The van der Waals surface area contributed by atoms with Gasteiger partial charge in [0.25, 0.3) is 0 Å². The van der Waals surface area contributed by atoms with Crippen molar-refractivity contribution in [3.8, 4) is 0 Å². The Bertz CT molecular complexity index is 1630. The van der Waals surface area contributed by atoms with Crippen LogP contribution in [0.3, 0.4) is 0 Å². The van der Waals surface area contributed by atoms with E-state index < -0.39 is 34.1 Å². The van der Waals surface area contributed by atoms with Crippen molar-refractivity contribution >= 4 is 0 Å². The Kier molecular flexibility index (Phi) is 8.94. The Morgan fingerprint density at radius 2 is 0.532 bits per heavy atom. The van der Waals surface area contributed by atoms with Gasteiger partial charge in [-0.05, 0) is 27.8 Å². The van der Waals surface area contributed by atoms with E-state index in [1.165, 1.54) is 0 Å². The molecule has 5 aromatic rings. The third kappa shape index (κ3) is 5.61. The highest BCUT2D eigenvalue weighted by atomic mass is 16.5. The highest BCUT2D eigenvalue weighted by Gasteiger charge is 2.82. The second-order valence-corrected chi connectivity index (χ2v) is 13.1. The lowest BCUT2D eigenvalue weighted by Crippen LogP contribution is -2.93. The second-order valence-electron chi connectivity index (χ2n) is 13.1. The lowest BCUT2D eigenvalue weighted by atomic mass is 9.44. The second kappa shape index (κ2) is 12.8. The van der Waals surface area contributed by atoms with Crippen LogP contribution in [0.1, 0.15) is 27.8 Å². The van der Waals surface area contributed by atoms with Crippen LogP contribution in [0.2, 0.25) is 0 Å². The molecule has 0 aromatic heterocycles. The van der Waals surface area contributed by atoms with E-state index in [-0.39, 0.29) is 32.1 Å². The summed E-state index contributed by atoms with van der Waals surface area (Å²) in [5.74, 6) is 0. The first kappa shape index (κ1) is 32.8. The summed E-state index contributed by atoms with van der Waals surface area (Å²) in [6.07, 6.45) is -3.80. The molecule has 0 aliphatic heterocycles. The zero-order valence-electron chi connectivity index (χ0n) is 26.2. The molecular formula is C41H42O6. The van der Waals surface area contributed by atoms with Crippen molar-refractivity contribution < 1.29 is 30.6 Å². The molecule has 242 valence electrons. The molecule has 6 N–H and O–H groups in total. The molecule has 0 spiro atoms. The van der Waals surface area contributed by atoms with Crippen LogP contribution in [0.25, 0.3) is 0 Å². The van der Waals surface area contributed by atoms with Gasteiger partial charge in [0.1, 0.15) is 34.1 Å². The Balaban J connectivity index is 1.67. The Morgan fingerprint density at radius 1 is 0.319 bits per heavy atom. The van der Waals surface area contributed by atoms with Crippen LogP contribution in [-0.4, -0.2) is 64.7 Å². The third-order valence-corrected chi connectivity index (χ3v) is 10.2. The zero-order valence-corrected chi connectivity index (χ0v) is 26.2. The number of benzene rings is 5. The first-order valence-corrected chi connectivity index (χ1v) is 16.0. The molecule has 6 atom stereocenters. The van der Waals surface area contributed by atoms with Crippen molar-refractivity contribution in [1.82, 2.24) is 0 Å². The molecule has 2 unspecified atom stereocenters. The predicted octanol–water partition coefficient (Wildman–Crippen LogP) is 4.23. The maximum absolute atomic E-state index is 13.5. The largest absolute Gasteiger partial charge is 0.387 e. The van der Waals surface area contributed by atoms with Crippen molar-refractivity contribution in [1.29, 1.82) is 0 Å². The van der Waals surface area contributed by atoms with Gasteiger partial charge >= 0.3 is 0 Å². The normalized spacial score (nSPS) is 30.6. The molecule has 6 nitrogen and oxygen atoms in total. The minimum absolute atomic E-state index is 0.325.